The maximum atomic E-state index is 12.3. The quantitative estimate of drug-likeness (QED) is 0.785. The zero-order chi connectivity index (χ0) is 18.4. The Kier molecular flexibility index (Phi) is 6.56. The van der Waals surface area contributed by atoms with Crippen molar-refractivity contribution in [3.8, 4) is 11.5 Å². The molecule has 1 aromatic rings. The molecule has 0 bridgehead atoms. The van der Waals surface area contributed by atoms with E-state index in [0.717, 1.165) is 37.5 Å². The molecule has 5 nitrogen and oxygen atoms in total. The second-order valence-corrected chi connectivity index (χ2v) is 7.30. The number of rotatable bonds is 6. The van der Waals surface area contributed by atoms with Crippen LogP contribution in [0.5, 0.6) is 11.5 Å². The van der Waals surface area contributed by atoms with Crippen molar-refractivity contribution in [2.24, 2.45) is 5.92 Å². The van der Waals surface area contributed by atoms with Crippen molar-refractivity contribution >= 4 is 11.6 Å². The third-order valence-corrected chi connectivity index (χ3v) is 5.28. The lowest BCUT2D eigenvalue weighted by Crippen LogP contribution is -2.35. The molecule has 0 unspecified atom stereocenters. The molecule has 1 amide bonds. The Labute approximate surface area is 156 Å². The Bertz CT molecular complexity index is 649. The topological polar surface area (TPSA) is 50.8 Å². The molecule has 0 atom stereocenters. The van der Waals surface area contributed by atoms with Gasteiger partial charge in [-0.15, -0.1) is 0 Å². The van der Waals surface area contributed by atoms with Gasteiger partial charge in [-0.05, 0) is 64.3 Å². The van der Waals surface area contributed by atoms with Gasteiger partial charge in [0, 0.05) is 24.7 Å². The van der Waals surface area contributed by atoms with E-state index in [0.29, 0.717) is 31.3 Å². The van der Waals surface area contributed by atoms with Gasteiger partial charge in [0.05, 0.1) is 0 Å². The Morgan fingerprint density at radius 1 is 1.23 bits per heavy atom. The van der Waals surface area contributed by atoms with Crippen LogP contribution in [0.25, 0.3) is 0 Å². The Morgan fingerprint density at radius 3 is 2.69 bits per heavy atom. The standard InChI is InChI=1S/C21H30N2O3/c1-3-16(2)15-23-10-8-17(9-11-23)4-7-21(24)22-18-5-6-19-20(14-18)26-13-12-25-19/h3,5-6,14,17H,4,7-13,15H2,1-2H3,(H,22,24)/b16-3+. The molecule has 0 saturated carbocycles. The molecule has 1 fully saturated rings. The minimum atomic E-state index is 0.0777. The highest BCUT2D eigenvalue weighted by Crippen LogP contribution is 2.32. The molecule has 0 spiro atoms. The maximum Gasteiger partial charge on any atom is 0.224 e. The highest BCUT2D eigenvalue weighted by Gasteiger charge is 2.20. The van der Waals surface area contributed by atoms with Gasteiger partial charge < -0.3 is 14.8 Å². The van der Waals surface area contributed by atoms with Gasteiger partial charge >= 0.3 is 0 Å². The number of allylic oxidation sites excluding steroid dienone is 1. The second-order valence-electron chi connectivity index (χ2n) is 7.30. The number of nitrogens with one attached hydrogen (secondary N) is 1. The lowest BCUT2D eigenvalue weighted by atomic mass is 9.92. The summed E-state index contributed by atoms with van der Waals surface area (Å²) in [5.41, 5.74) is 2.21. The summed E-state index contributed by atoms with van der Waals surface area (Å²) in [4.78, 5) is 14.8. The van der Waals surface area contributed by atoms with Crippen LogP contribution in [0.2, 0.25) is 0 Å². The third-order valence-electron chi connectivity index (χ3n) is 5.28. The summed E-state index contributed by atoms with van der Waals surface area (Å²) in [6.45, 7) is 8.77. The smallest absolute Gasteiger partial charge is 0.224 e. The first-order valence-corrected chi connectivity index (χ1v) is 9.67. The van der Waals surface area contributed by atoms with Crippen molar-refractivity contribution < 1.29 is 14.3 Å². The van der Waals surface area contributed by atoms with Crippen molar-refractivity contribution in [3.05, 3.63) is 29.8 Å². The van der Waals surface area contributed by atoms with Crippen LogP contribution in [0.1, 0.15) is 39.5 Å². The number of carbonyl (C=O) groups is 1. The first kappa shape index (κ1) is 18.8. The fourth-order valence-electron chi connectivity index (χ4n) is 3.56. The average Bonchev–Trinajstić information content (AvgIpc) is 2.67. The highest BCUT2D eigenvalue weighted by molar-refractivity contribution is 5.91. The molecule has 1 N–H and O–H groups in total. The number of benzene rings is 1. The zero-order valence-corrected chi connectivity index (χ0v) is 15.9. The van der Waals surface area contributed by atoms with E-state index in [4.69, 9.17) is 9.47 Å². The van der Waals surface area contributed by atoms with Crippen molar-refractivity contribution in [1.82, 2.24) is 4.90 Å². The molecule has 0 radical (unpaired) electrons. The summed E-state index contributed by atoms with van der Waals surface area (Å²) >= 11 is 0. The minimum absolute atomic E-state index is 0.0777. The Balaban J connectivity index is 1.39. The van der Waals surface area contributed by atoms with E-state index in [1.807, 2.05) is 18.2 Å². The van der Waals surface area contributed by atoms with Crippen molar-refractivity contribution in [2.45, 2.75) is 39.5 Å². The number of carbonyl (C=O) groups excluding carboxylic acids is 1. The number of piperidine rings is 1. The van der Waals surface area contributed by atoms with Gasteiger partial charge in [0.1, 0.15) is 13.2 Å². The number of anilines is 1. The number of likely N-dealkylation sites (tertiary alicyclic amines) is 1. The molecular weight excluding hydrogens is 328 g/mol. The summed E-state index contributed by atoms with van der Waals surface area (Å²) in [7, 11) is 0. The lowest BCUT2D eigenvalue weighted by molar-refractivity contribution is -0.116. The molecule has 2 aliphatic rings. The summed E-state index contributed by atoms with van der Waals surface area (Å²) in [6.07, 6.45) is 6.11. The SMILES string of the molecule is C/C=C(\C)CN1CCC(CCC(=O)Nc2ccc3c(c2)OCCO3)CC1. The molecular formula is C21H30N2O3. The van der Waals surface area contributed by atoms with Gasteiger partial charge in [-0.2, -0.15) is 0 Å². The number of amides is 1. The van der Waals surface area contributed by atoms with Gasteiger partial charge in [-0.3, -0.25) is 9.69 Å². The molecule has 0 aliphatic carbocycles. The number of nitrogens with zero attached hydrogens (tertiary/aromatic N) is 1. The van der Waals surface area contributed by atoms with Gasteiger partial charge in [0.25, 0.3) is 0 Å². The second kappa shape index (κ2) is 9.08. The van der Waals surface area contributed by atoms with Crippen LogP contribution in [-0.2, 0) is 4.79 Å². The van der Waals surface area contributed by atoms with Gasteiger partial charge in [0.2, 0.25) is 5.91 Å². The summed E-state index contributed by atoms with van der Waals surface area (Å²) in [6, 6.07) is 5.56. The predicted molar refractivity (Wildman–Crippen MR) is 104 cm³/mol. The van der Waals surface area contributed by atoms with Gasteiger partial charge in [-0.25, -0.2) is 0 Å². The van der Waals surface area contributed by atoms with E-state index in [2.05, 4.69) is 30.1 Å². The highest BCUT2D eigenvalue weighted by atomic mass is 16.6. The number of fused-ring (bicyclic) bond motifs is 1. The molecule has 26 heavy (non-hydrogen) atoms. The van der Waals surface area contributed by atoms with Crippen molar-refractivity contribution in [2.75, 3.05) is 38.2 Å². The van der Waals surface area contributed by atoms with E-state index in [9.17, 15) is 4.79 Å². The van der Waals surface area contributed by atoms with E-state index in [1.54, 1.807) is 0 Å². The van der Waals surface area contributed by atoms with Crippen LogP contribution in [-0.4, -0.2) is 43.7 Å². The molecule has 3 rings (SSSR count). The number of ether oxygens (including phenoxy) is 2. The fourth-order valence-corrected chi connectivity index (χ4v) is 3.56. The number of hydrogen-bond acceptors (Lipinski definition) is 4. The van der Waals surface area contributed by atoms with Crippen LogP contribution in [0, 0.1) is 5.92 Å². The maximum absolute atomic E-state index is 12.3. The summed E-state index contributed by atoms with van der Waals surface area (Å²) in [5.74, 6) is 2.18. The Morgan fingerprint density at radius 2 is 1.96 bits per heavy atom. The molecule has 1 saturated heterocycles. The monoisotopic (exact) mass is 358 g/mol. The summed E-state index contributed by atoms with van der Waals surface area (Å²) in [5, 5.41) is 2.98. The van der Waals surface area contributed by atoms with Crippen LogP contribution >= 0.6 is 0 Å². The minimum Gasteiger partial charge on any atom is -0.486 e. The van der Waals surface area contributed by atoms with Crippen LogP contribution in [0.3, 0.4) is 0 Å². The Hall–Kier alpha value is -2.01. The lowest BCUT2D eigenvalue weighted by Gasteiger charge is -2.32. The zero-order valence-electron chi connectivity index (χ0n) is 15.9. The molecule has 2 heterocycles. The van der Waals surface area contributed by atoms with E-state index >= 15 is 0 Å². The normalized spacial score (nSPS) is 18.6. The van der Waals surface area contributed by atoms with Gasteiger partial charge in [-0.1, -0.05) is 11.6 Å². The largest absolute Gasteiger partial charge is 0.486 e. The van der Waals surface area contributed by atoms with E-state index in [-0.39, 0.29) is 5.91 Å². The molecule has 1 aromatic carbocycles. The average molecular weight is 358 g/mol. The van der Waals surface area contributed by atoms with Crippen molar-refractivity contribution in [3.63, 3.8) is 0 Å². The van der Waals surface area contributed by atoms with Crippen LogP contribution in [0.4, 0.5) is 5.69 Å². The number of hydrogen-bond donors (Lipinski definition) is 1. The van der Waals surface area contributed by atoms with E-state index < -0.39 is 0 Å². The first-order valence-electron chi connectivity index (χ1n) is 9.67. The van der Waals surface area contributed by atoms with Crippen molar-refractivity contribution in [1.29, 1.82) is 0 Å². The van der Waals surface area contributed by atoms with Crippen LogP contribution < -0.4 is 14.8 Å². The third kappa shape index (κ3) is 5.24. The first-order chi connectivity index (χ1) is 12.6. The molecule has 2 aliphatic heterocycles. The van der Waals surface area contributed by atoms with Crippen LogP contribution in [0.15, 0.2) is 29.8 Å². The molecule has 142 valence electrons. The molecule has 0 aromatic heterocycles. The van der Waals surface area contributed by atoms with E-state index in [1.165, 1.54) is 18.4 Å². The fraction of sp³-hybridized carbons (Fsp3) is 0.571. The molecule has 5 heteroatoms. The summed E-state index contributed by atoms with van der Waals surface area (Å²) < 4.78 is 11.1. The predicted octanol–water partition coefficient (Wildman–Crippen LogP) is 3.85. The van der Waals surface area contributed by atoms with Gasteiger partial charge in [0.15, 0.2) is 11.5 Å².